The largest absolute Gasteiger partial charge is 0.461 e. The number of rotatable bonds is 9. The molecule has 3 fully saturated rings. The molecule has 68 heavy (non-hydrogen) atoms. The molecule has 2 saturated heterocycles. The molecule has 1 saturated carbocycles. The fourth-order valence-corrected chi connectivity index (χ4v) is 10.5. The van der Waals surface area contributed by atoms with E-state index in [-0.39, 0.29) is 74.3 Å². The van der Waals surface area contributed by atoms with Gasteiger partial charge in [0.1, 0.15) is 24.1 Å². The highest BCUT2D eigenvalue weighted by molar-refractivity contribution is 6.38. The second-order valence-corrected chi connectivity index (χ2v) is 20.2. The van der Waals surface area contributed by atoms with E-state index in [1.54, 1.807) is 41.1 Å². The third kappa shape index (κ3) is 15.5. The van der Waals surface area contributed by atoms with Crippen molar-refractivity contribution in [2.75, 3.05) is 47.6 Å². The van der Waals surface area contributed by atoms with Crippen LogP contribution in [0.3, 0.4) is 0 Å². The first kappa shape index (κ1) is 57.2. The number of hydrogen-bond acceptors (Lipinski definition) is 14. The Hall–Kier alpha value is -3.41. The number of esters is 1. The van der Waals surface area contributed by atoms with Crippen molar-refractivity contribution in [1.29, 1.82) is 0 Å². The number of cyclic esters (lactones) is 1. The number of fused-ring (bicyclic) bond motifs is 4. The Morgan fingerprint density at radius 1 is 0.868 bits per heavy atom. The van der Waals surface area contributed by atoms with Crippen molar-refractivity contribution in [2.24, 2.45) is 41.4 Å². The van der Waals surface area contributed by atoms with Gasteiger partial charge in [-0.25, -0.2) is 0 Å². The second-order valence-electron chi connectivity index (χ2n) is 20.2. The lowest BCUT2D eigenvalue weighted by Gasteiger charge is -2.42. The Bertz CT molecular complexity index is 1810. The van der Waals surface area contributed by atoms with Gasteiger partial charge < -0.3 is 48.6 Å². The SMILES string of the molecule is CO[C@H]1C[C@@H]2CC[C@@H](C)[C@@](O)(O2)C(=O)C(=O)N2CCCC(C2)C(=O)O[C@H](C(C)C[C@@H]2CC[C@@H](OCCO)[C@H](OC)C2)CC(=O)[C@H](C)/C=C(\C)[C@@H](O)[C@@H](OC)C(=O)[C@H](C)C[C@H](C)/C=C/C=C/C=C1C. The highest BCUT2D eigenvalue weighted by atomic mass is 16.6. The molecule has 0 aromatic rings. The van der Waals surface area contributed by atoms with Crippen molar-refractivity contribution < 1.29 is 67.7 Å². The Morgan fingerprint density at radius 3 is 2.28 bits per heavy atom. The average molecular weight is 958 g/mol. The van der Waals surface area contributed by atoms with E-state index in [0.29, 0.717) is 56.9 Å². The molecule has 384 valence electrons. The quantitative estimate of drug-likeness (QED) is 0.137. The van der Waals surface area contributed by atoms with Gasteiger partial charge in [-0.1, -0.05) is 71.1 Å². The maximum absolute atomic E-state index is 14.2. The van der Waals surface area contributed by atoms with Crippen LogP contribution in [0.2, 0.25) is 0 Å². The maximum Gasteiger partial charge on any atom is 0.311 e. The molecule has 2 unspecified atom stereocenters. The van der Waals surface area contributed by atoms with E-state index in [9.17, 15) is 39.3 Å². The molecular formula is C53H83NO14. The molecule has 0 aromatic heterocycles. The fourth-order valence-electron chi connectivity index (χ4n) is 10.5. The van der Waals surface area contributed by atoms with Crippen LogP contribution in [0.4, 0.5) is 0 Å². The van der Waals surface area contributed by atoms with Crippen LogP contribution in [0.5, 0.6) is 0 Å². The number of methoxy groups -OCH3 is 3. The van der Waals surface area contributed by atoms with Crippen LogP contribution in [0, 0.1) is 41.4 Å². The third-order valence-corrected chi connectivity index (χ3v) is 14.9. The van der Waals surface area contributed by atoms with E-state index in [0.717, 1.165) is 18.4 Å². The summed E-state index contributed by atoms with van der Waals surface area (Å²) < 4.78 is 35.5. The Labute approximate surface area is 405 Å². The van der Waals surface area contributed by atoms with Gasteiger partial charge in [-0.05, 0) is 101 Å². The molecule has 4 aliphatic rings. The van der Waals surface area contributed by atoms with E-state index in [1.165, 1.54) is 12.0 Å². The number of ether oxygens (including phenoxy) is 6. The summed E-state index contributed by atoms with van der Waals surface area (Å²) >= 11 is 0. The molecule has 15 heteroatoms. The van der Waals surface area contributed by atoms with Gasteiger partial charge in [0.15, 0.2) is 5.78 Å². The summed E-state index contributed by atoms with van der Waals surface area (Å²) in [5, 5.41) is 32.6. The topological polar surface area (TPSA) is 205 Å². The number of amides is 1. The molecule has 4 rings (SSSR count). The van der Waals surface area contributed by atoms with Gasteiger partial charge in [-0.3, -0.25) is 24.0 Å². The predicted octanol–water partition coefficient (Wildman–Crippen LogP) is 6.05. The van der Waals surface area contributed by atoms with Gasteiger partial charge in [0.2, 0.25) is 5.79 Å². The normalized spacial score (nSPS) is 38.4. The van der Waals surface area contributed by atoms with Gasteiger partial charge in [-0.15, -0.1) is 0 Å². The molecule has 0 radical (unpaired) electrons. The lowest BCUT2D eigenvalue weighted by Crippen LogP contribution is -2.59. The zero-order chi connectivity index (χ0) is 50.3. The molecule has 0 spiro atoms. The molecule has 0 aromatic carbocycles. The minimum atomic E-state index is -2.37. The summed E-state index contributed by atoms with van der Waals surface area (Å²) in [6, 6.07) is 0. The standard InChI is InChI=1S/C53H83NO14/c1-32-15-12-11-13-16-33(2)44(63-8)29-41-20-18-38(7)53(62,68-41)50(59)51(60)54-22-14-17-40(31-54)52(61)67-45(35(4)27-39-19-21-43(66-24-23-55)46(28-39)64-9)30-42(56)34(3)26-37(6)48(58)49(65-10)47(57)36(5)25-32/h11-13,15-16,26,32,34-36,38-41,43-46,48-49,55,58,62H,14,17-25,27-31H2,1-10H3/b13-11+,15-12+,33-16?,37-26+/t32-,34-,35?,36-,38-,39+,40?,41+,43-,44+,45+,46-,48-,49+,53-/m1/s1. The van der Waals surface area contributed by atoms with Crippen LogP contribution in [-0.2, 0) is 52.4 Å². The summed E-state index contributed by atoms with van der Waals surface area (Å²) in [4.78, 5) is 71.4. The Balaban J connectivity index is 1.65. The van der Waals surface area contributed by atoms with Crippen molar-refractivity contribution in [3.63, 3.8) is 0 Å². The number of aliphatic hydroxyl groups is 3. The van der Waals surface area contributed by atoms with Crippen molar-refractivity contribution in [1.82, 2.24) is 4.90 Å². The maximum atomic E-state index is 14.2. The monoisotopic (exact) mass is 958 g/mol. The Morgan fingerprint density at radius 2 is 1.60 bits per heavy atom. The molecule has 15 atom stereocenters. The number of piperidine rings is 1. The van der Waals surface area contributed by atoms with Crippen LogP contribution in [0.15, 0.2) is 47.6 Å². The molecule has 4 bridgehead atoms. The molecule has 3 heterocycles. The molecular weight excluding hydrogens is 875 g/mol. The number of Topliss-reactive ketones (excluding diaryl/α,β-unsaturated/α-hetero) is 3. The molecule has 1 amide bonds. The van der Waals surface area contributed by atoms with Crippen molar-refractivity contribution >= 4 is 29.2 Å². The van der Waals surface area contributed by atoms with E-state index < -0.39 is 77.6 Å². The molecule has 3 N–H and O–H groups in total. The molecule has 15 nitrogen and oxygen atoms in total. The van der Waals surface area contributed by atoms with Crippen LogP contribution in [0.1, 0.15) is 119 Å². The summed E-state index contributed by atoms with van der Waals surface area (Å²) in [7, 11) is 4.60. The number of carbonyl (C=O) groups excluding carboxylic acids is 5. The number of aliphatic hydroxyl groups excluding tert-OH is 2. The van der Waals surface area contributed by atoms with E-state index in [1.807, 2.05) is 58.1 Å². The molecule has 1 aliphatic carbocycles. The first-order chi connectivity index (χ1) is 32.3. The lowest BCUT2D eigenvalue weighted by atomic mass is 9.78. The van der Waals surface area contributed by atoms with Gasteiger partial charge in [0.05, 0.1) is 43.5 Å². The Kier molecular flexibility index (Phi) is 22.9. The smallest absolute Gasteiger partial charge is 0.311 e. The average Bonchev–Trinajstić information content (AvgIpc) is 3.32. The van der Waals surface area contributed by atoms with E-state index in [4.69, 9.17) is 28.4 Å². The number of carbonyl (C=O) groups is 5. The third-order valence-electron chi connectivity index (χ3n) is 14.9. The zero-order valence-corrected chi connectivity index (χ0v) is 42.4. The van der Waals surface area contributed by atoms with E-state index in [2.05, 4.69) is 0 Å². The highest BCUT2D eigenvalue weighted by Crippen LogP contribution is 2.38. The number of nitrogens with zero attached hydrogens (tertiary/aromatic N) is 1. The van der Waals surface area contributed by atoms with Crippen LogP contribution in [-0.4, -0.2) is 146 Å². The van der Waals surface area contributed by atoms with Crippen molar-refractivity contribution in [3.8, 4) is 0 Å². The predicted molar refractivity (Wildman–Crippen MR) is 256 cm³/mol. The summed E-state index contributed by atoms with van der Waals surface area (Å²) in [5.41, 5.74) is 1.29. The van der Waals surface area contributed by atoms with Gasteiger partial charge in [0, 0.05) is 65.0 Å². The van der Waals surface area contributed by atoms with Crippen molar-refractivity contribution in [2.45, 2.75) is 168 Å². The first-order valence-electron chi connectivity index (χ1n) is 25.0. The highest BCUT2D eigenvalue weighted by Gasteiger charge is 2.52. The minimum Gasteiger partial charge on any atom is -0.461 e. The van der Waals surface area contributed by atoms with Crippen LogP contribution in [0.25, 0.3) is 0 Å². The van der Waals surface area contributed by atoms with E-state index >= 15 is 0 Å². The zero-order valence-electron chi connectivity index (χ0n) is 42.4. The van der Waals surface area contributed by atoms with Gasteiger partial charge >= 0.3 is 5.97 Å². The lowest BCUT2D eigenvalue weighted by molar-refractivity contribution is -0.265. The van der Waals surface area contributed by atoms with Crippen LogP contribution < -0.4 is 0 Å². The van der Waals surface area contributed by atoms with Gasteiger partial charge in [0.25, 0.3) is 11.7 Å². The number of allylic oxidation sites excluding steroid dienone is 6. The van der Waals surface area contributed by atoms with Crippen LogP contribution >= 0.6 is 0 Å². The number of hydrogen-bond donors (Lipinski definition) is 3. The summed E-state index contributed by atoms with van der Waals surface area (Å²) in [6.07, 6.45) is 11.9. The van der Waals surface area contributed by atoms with Crippen molar-refractivity contribution in [3.05, 3.63) is 47.6 Å². The minimum absolute atomic E-state index is 0.0157. The summed E-state index contributed by atoms with van der Waals surface area (Å²) in [6.45, 7) is 13.0. The van der Waals surface area contributed by atoms with Gasteiger partial charge in [-0.2, -0.15) is 0 Å². The summed E-state index contributed by atoms with van der Waals surface area (Å²) in [5.74, 6) is -8.17. The second kappa shape index (κ2) is 27.3. The number of ketones is 3. The fraction of sp³-hybridized carbons (Fsp3) is 0.755. The molecule has 3 aliphatic heterocycles. The first-order valence-corrected chi connectivity index (χ1v) is 25.0.